The van der Waals surface area contributed by atoms with E-state index in [0.717, 1.165) is 16.5 Å². The minimum atomic E-state index is -3.67. The summed E-state index contributed by atoms with van der Waals surface area (Å²) in [4.78, 5) is 2.20. The van der Waals surface area contributed by atoms with Crippen molar-refractivity contribution < 1.29 is 8.42 Å². The number of anilines is 1. The fourth-order valence-corrected chi connectivity index (χ4v) is 4.03. The second-order valence-electron chi connectivity index (χ2n) is 7.41. The van der Waals surface area contributed by atoms with Gasteiger partial charge in [-0.15, -0.1) is 0 Å². The van der Waals surface area contributed by atoms with E-state index in [1.807, 2.05) is 43.3 Å². The summed E-state index contributed by atoms with van der Waals surface area (Å²) in [7, 11) is 1.92. The lowest BCUT2D eigenvalue weighted by atomic mass is 10.1. The maximum absolute atomic E-state index is 12.7. The zero-order chi connectivity index (χ0) is 25.3. The predicted molar refractivity (Wildman–Crippen MR) is 148 cm³/mol. The Labute approximate surface area is 211 Å². The standard InChI is InChI=1S/C21H30N8O2S3/c1-14(25-27-20(32)22-3)15(2)26-28-21(33)23-11-12-24-34(30,31)17-9-10-18-16(13-17)7-6-8-19(18)29(4)5/h6-10,13,24H,11-12H2,1-5H3,(H2,22,27,32)(H2,23,28,33)/b25-14+,26-15+. The van der Waals surface area contributed by atoms with Gasteiger partial charge < -0.3 is 15.5 Å². The molecule has 0 aliphatic heterocycles. The van der Waals surface area contributed by atoms with Gasteiger partial charge in [0, 0.05) is 45.3 Å². The van der Waals surface area contributed by atoms with Crippen molar-refractivity contribution in [2.45, 2.75) is 18.7 Å². The minimum Gasteiger partial charge on any atom is -0.377 e. The summed E-state index contributed by atoms with van der Waals surface area (Å²) in [5.74, 6) is 0. The molecule has 10 nitrogen and oxygen atoms in total. The van der Waals surface area contributed by atoms with Crippen LogP contribution in [0.3, 0.4) is 0 Å². The molecule has 0 heterocycles. The summed E-state index contributed by atoms with van der Waals surface area (Å²) in [6.45, 7) is 3.96. The van der Waals surface area contributed by atoms with E-state index in [0.29, 0.717) is 16.5 Å². The molecule has 0 aliphatic carbocycles. The Kier molecular flexibility index (Phi) is 10.1. The molecule has 13 heteroatoms. The number of nitrogens with zero attached hydrogens (tertiary/aromatic N) is 3. The van der Waals surface area contributed by atoms with Gasteiger partial charge in [-0.25, -0.2) is 13.1 Å². The molecule has 0 amide bonds. The van der Waals surface area contributed by atoms with Crippen molar-refractivity contribution in [3.8, 4) is 0 Å². The van der Waals surface area contributed by atoms with E-state index in [1.54, 1.807) is 33.0 Å². The third-order valence-electron chi connectivity index (χ3n) is 4.72. The molecule has 0 atom stereocenters. The van der Waals surface area contributed by atoms with Gasteiger partial charge in [0.05, 0.1) is 16.3 Å². The summed E-state index contributed by atoms with van der Waals surface area (Å²) in [5, 5.41) is 16.4. The molecule has 0 aliphatic rings. The van der Waals surface area contributed by atoms with Gasteiger partial charge in [0.15, 0.2) is 10.2 Å². The number of benzene rings is 2. The summed E-state index contributed by atoms with van der Waals surface area (Å²) in [6, 6.07) is 10.9. The lowest BCUT2D eigenvalue weighted by Gasteiger charge is -2.16. The van der Waals surface area contributed by atoms with Crippen LogP contribution in [0.1, 0.15) is 13.8 Å². The van der Waals surface area contributed by atoms with Crippen molar-refractivity contribution in [2.75, 3.05) is 39.1 Å². The van der Waals surface area contributed by atoms with Gasteiger partial charge >= 0.3 is 0 Å². The Morgan fingerprint density at radius 2 is 1.62 bits per heavy atom. The van der Waals surface area contributed by atoms with Gasteiger partial charge in [0.2, 0.25) is 10.0 Å². The number of nitrogens with one attached hydrogen (secondary N) is 5. The zero-order valence-corrected chi connectivity index (χ0v) is 22.2. The van der Waals surface area contributed by atoms with E-state index in [2.05, 4.69) is 36.4 Å². The molecule has 2 aromatic rings. The van der Waals surface area contributed by atoms with Crippen molar-refractivity contribution in [1.82, 2.24) is 26.2 Å². The second-order valence-corrected chi connectivity index (χ2v) is 9.99. The fraction of sp³-hybridized carbons (Fsp3) is 0.333. The maximum atomic E-state index is 12.7. The molecule has 0 bridgehead atoms. The highest BCUT2D eigenvalue weighted by molar-refractivity contribution is 7.89. The molecule has 0 saturated heterocycles. The SMILES string of the molecule is CNC(=S)N/N=C(C)/C(C)=N/NC(=S)NCCNS(=O)(=O)c1ccc2c(N(C)C)cccc2c1. The number of sulfonamides is 1. The molecule has 2 rings (SSSR count). The third-order valence-corrected chi connectivity index (χ3v) is 6.71. The quantitative estimate of drug-likeness (QED) is 0.144. The van der Waals surface area contributed by atoms with Crippen LogP contribution in [-0.4, -0.2) is 64.3 Å². The van der Waals surface area contributed by atoms with Crippen molar-refractivity contribution in [3.63, 3.8) is 0 Å². The summed E-state index contributed by atoms with van der Waals surface area (Å²) in [6.07, 6.45) is 0. The van der Waals surface area contributed by atoms with Crippen LogP contribution in [0, 0.1) is 0 Å². The van der Waals surface area contributed by atoms with Crippen molar-refractivity contribution >= 4 is 72.6 Å². The molecule has 2 aromatic carbocycles. The van der Waals surface area contributed by atoms with E-state index < -0.39 is 10.0 Å². The first-order valence-electron chi connectivity index (χ1n) is 10.4. The molecule has 5 N–H and O–H groups in total. The third kappa shape index (κ3) is 7.87. The highest BCUT2D eigenvalue weighted by atomic mass is 32.2. The average molecular weight is 523 g/mol. The Morgan fingerprint density at radius 1 is 0.971 bits per heavy atom. The van der Waals surface area contributed by atoms with E-state index in [9.17, 15) is 8.42 Å². The molecule has 34 heavy (non-hydrogen) atoms. The topological polar surface area (TPSA) is 122 Å². The Balaban J connectivity index is 1.88. The molecule has 0 fully saturated rings. The molecular weight excluding hydrogens is 492 g/mol. The summed E-state index contributed by atoms with van der Waals surface area (Å²) >= 11 is 10.1. The highest BCUT2D eigenvalue weighted by Crippen LogP contribution is 2.27. The predicted octanol–water partition coefficient (Wildman–Crippen LogP) is 1.49. The monoisotopic (exact) mass is 522 g/mol. The van der Waals surface area contributed by atoms with Gasteiger partial charge in [0.25, 0.3) is 0 Å². The highest BCUT2D eigenvalue weighted by Gasteiger charge is 2.15. The van der Waals surface area contributed by atoms with Crippen molar-refractivity contribution in [3.05, 3.63) is 36.4 Å². The first kappa shape index (κ1) is 27.4. The molecule has 0 saturated carbocycles. The Bertz CT molecular complexity index is 1210. The van der Waals surface area contributed by atoms with Crippen LogP contribution in [0.15, 0.2) is 51.5 Å². The van der Waals surface area contributed by atoms with Crippen molar-refractivity contribution in [2.24, 2.45) is 10.2 Å². The van der Waals surface area contributed by atoms with Crippen LogP contribution in [-0.2, 0) is 10.0 Å². The minimum absolute atomic E-state index is 0.147. The first-order chi connectivity index (χ1) is 16.0. The molecule has 0 spiro atoms. The van der Waals surface area contributed by atoms with E-state index in [4.69, 9.17) is 24.4 Å². The van der Waals surface area contributed by atoms with Crippen LogP contribution >= 0.6 is 24.4 Å². The number of fused-ring (bicyclic) bond motifs is 1. The summed E-state index contributed by atoms with van der Waals surface area (Å²) < 4.78 is 28.0. The van der Waals surface area contributed by atoms with Crippen LogP contribution in [0.2, 0.25) is 0 Å². The molecular formula is C21H30N8O2S3. The van der Waals surface area contributed by atoms with Gasteiger partial charge in [-0.2, -0.15) is 10.2 Å². The first-order valence-corrected chi connectivity index (χ1v) is 12.7. The van der Waals surface area contributed by atoms with Crippen LogP contribution < -0.4 is 31.1 Å². The second kappa shape index (κ2) is 12.6. The lowest BCUT2D eigenvalue weighted by molar-refractivity contribution is 0.581. The van der Waals surface area contributed by atoms with Crippen LogP contribution in [0.5, 0.6) is 0 Å². The molecule has 0 unspecified atom stereocenters. The Morgan fingerprint density at radius 3 is 2.24 bits per heavy atom. The van der Waals surface area contributed by atoms with Gasteiger partial charge in [0.1, 0.15) is 0 Å². The van der Waals surface area contributed by atoms with Crippen LogP contribution in [0.4, 0.5) is 5.69 Å². The normalized spacial score (nSPS) is 12.3. The number of thiocarbonyl (C=S) groups is 2. The maximum Gasteiger partial charge on any atom is 0.240 e. The number of rotatable bonds is 9. The van der Waals surface area contributed by atoms with Gasteiger partial charge in [-0.1, -0.05) is 18.2 Å². The molecule has 184 valence electrons. The largest absolute Gasteiger partial charge is 0.377 e. The van der Waals surface area contributed by atoms with Gasteiger partial charge in [-0.3, -0.25) is 10.9 Å². The van der Waals surface area contributed by atoms with Crippen LogP contribution in [0.25, 0.3) is 10.8 Å². The number of hydrogen-bond acceptors (Lipinski definition) is 7. The van der Waals surface area contributed by atoms with E-state index in [-0.39, 0.29) is 23.1 Å². The molecule has 0 radical (unpaired) electrons. The van der Waals surface area contributed by atoms with E-state index >= 15 is 0 Å². The molecule has 0 aromatic heterocycles. The number of hydrogen-bond donors (Lipinski definition) is 5. The average Bonchev–Trinajstić information content (AvgIpc) is 2.82. The van der Waals surface area contributed by atoms with Crippen molar-refractivity contribution in [1.29, 1.82) is 0 Å². The smallest absolute Gasteiger partial charge is 0.240 e. The lowest BCUT2D eigenvalue weighted by Crippen LogP contribution is -2.38. The van der Waals surface area contributed by atoms with Gasteiger partial charge in [-0.05, 0) is 61.9 Å². The Hall–Kier alpha value is -2.87. The number of hydrazone groups is 2. The van der Waals surface area contributed by atoms with E-state index in [1.165, 1.54) is 0 Å². The zero-order valence-electron chi connectivity index (χ0n) is 19.8. The fourth-order valence-electron chi connectivity index (χ4n) is 2.77. The summed E-state index contributed by atoms with van der Waals surface area (Å²) in [5.41, 5.74) is 7.62.